The molecule has 25 heavy (non-hydrogen) atoms. The zero-order valence-electron chi connectivity index (χ0n) is 15.1. The molecule has 2 aliphatic carbocycles. The minimum absolute atomic E-state index is 0.522. The molecule has 0 saturated heterocycles. The molecule has 0 radical (unpaired) electrons. The van der Waals surface area contributed by atoms with Crippen molar-refractivity contribution in [2.75, 3.05) is 0 Å². The Bertz CT molecular complexity index is 752. The summed E-state index contributed by atoms with van der Waals surface area (Å²) in [6.07, 6.45) is 13.2. The van der Waals surface area contributed by atoms with E-state index in [1.54, 1.807) is 0 Å². The van der Waals surface area contributed by atoms with E-state index in [9.17, 15) is 0 Å². The lowest BCUT2D eigenvalue weighted by molar-refractivity contribution is 0.206. The Morgan fingerprint density at radius 2 is 1.96 bits per heavy atom. The molecule has 0 N–H and O–H groups in total. The normalized spacial score (nSPS) is 22.0. The molecule has 0 bridgehead atoms. The van der Waals surface area contributed by atoms with E-state index in [2.05, 4.69) is 43.3 Å². The molecule has 1 unspecified atom stereocenters. The Kier molecular flexibility index (Phi) is 4.87. The highest BCUT2D eigenvalue weighted by molar-refractivity contribution is 6.05. The first-order valence-corrected chi connectivity index (χ1v) is 9.77. The summed E-state index contributed by atoms with van der Waals surface area (Å²) in [5.41, 5.74) is 6.68. The van der Waals surface area contributed by atoms with E-state index in [-0.39, 0.29) is 0 Å². The SMILES string of the molecule is CCCCC1C=CC(OCc2ccccc2)=C2N=C3CCCCC3=C21. The van der Waals surface area contributed by atoms with Gasteiger partial charge in [-0.2, -0.15) is 0 Å². The Morgan fingerprint density at radius 1 is 1.12 bits per heavy atom. The molecule has 1 saturated carbocycles. The number of benzene rings is 1. The van der Waals surface area contributed by atoms with Gasteiger partial charge in [-0.3, -0.25) is 0 Å². The number of aliphatic imine (C=N–C) groups is 1. The first kappa shape index (κ1) is 16.4. The van der Waals surface area contributed by atoms with Crippen molar-refractivity contribution < 1.29 is 4.74 Å². The number of nitrogens with zero attached hydrogens (tertiary/aromatic N) is 1. The lowest BCUT2D eigenvalue weighted by atomic mass is 9.81. The van der Waals surface area contributed by atoms with Gasteiger partial charge in [-0.05, 0) is 54.9 Å². The molecule has 3 aliphatic rings. The monoisotopic (exact) mass is 333 g/mol. The van der Waals surface area contributed by atoms with Crippen molar-refractivity contribution in [3.63, 3.8) is 0 Å². The van der Waals surface area contributed by atoms with Gasteiger partial charge in [0.1, 0.15) is 18.1 Å². The maximum Gasteiger partial charge on any atom is 0.145 e. The molecular weight excluding hydrogens is 306 g/mol. The summed E-state index contributed by atoms with van der Waals surface area (Å²) < 4.78 is 6.19. The lowest BCUT2D eigenvalue weighted by Crippen LogP contribution is -2.13. The maximum atomic E-state index is 6.19. The van der Waals surface area contributed by atoms with Crippen LogP contribution < -0.4 is 0 Å². The molecule has 0 aromatic heterocycles. The summed E-state index contributed by atoms with van der Waals surface area (Å²) in [6.45, 7) is 2.88. The summed E-state index contributed by atoms with van der Waals surface area (Å²) in [4.78, 5) is 5.03. The molecule has 2 heteroatoms. The van der Waals surface area contributed by atoms with Gasteiger partial charge in [0, 0.05) is 11.6 Å². The topological polar surface area (TPSA) is 21.6 Å². The summed E-state index contributed by atoms with van der Waals surface area (Å²) in [7, 11) is 0. The second-order valence-corrected chi connectivity index (χ2v) is 7.25. The zero-order chi connectivity index (χ0) is 17.1. The quantitative estimate of drug-likeness (QED) is 0.615. The minimum atomic E-state index is 0.522. The van der Waals surface area contributed by atoms with Crippen molar-refractivity contribution in [2.24, 2.45) is 10.9 Å². The third kappa shape index (κ3) is 3.35. The second kappa shape index (κ2) is 7.43. The highest BCUT2D eigenvalue weighted by atomic mass is 16.5. The van der Waals surface area contributed by atoms with E-state index >= 15 is 0 Å². The Labute approximate surface area is 151 Å². The summed E-state index contributed by atoms with van der Waals surface area (Å²) in [5.74, 6) is 1.48. The molecule has 4 rings (SSSR count). The fourth-order valence-corrected chi connectivity index (χ4v) is 4.12. The van der Waals surface area contributed by atoms with Crippen LogP contribution in [0.25, 0.3) is 0 Å². The number of fused-ring (bicyclic) bond motifs is 2. The van der Waals surface area contributed by atoms with Gasteiger partial charge in [0.2, 0.25) is 0 Å². The molecule has 130 valence electrons. The van der Waals surface area contributed by atoms with Gasteiger partial charge < -0.3 is 4.74 Å². The lowest BCUT2D eigenvalue weighted by Gasteiger charge is -2.24. The molecule has 1 aliphatic heterocycles. The number of hydrogen-bond donors (Lipinski definition) is 0. The Morgan fingerprint density at radius 3 is 2.80 bits per heavy atom. The number of hydrogen-bond acceptors (Lipinski definition) is 2. The molecule has 0 amide bonds. The average Bonchev–Trinajstić information content (AvgIpc) is 3.06. The largest absolute Gasteiger partial charge is 0.487 e. The minimum Gasteiger partial charge on any atom is -0.487 e. The van der Waals surface area contributed by atoms with Crippen LogP contribution in [0.15, 0.2) is 70.1 Å². The highest BCUT2D eigenvalue weighted by Crippen LogP contribution is 2.44. The van der Waals surface area contributed by atoms with Crippen molar-refractivity contribution >= 4 is 5.71 Å². The molecule has 1 aromatic carbocycles. The summed E-state index contributed by atoms with van der Waals surface area (Å²) >= 11 is 0. The average molecular weight is 333 g/mol. The molecule has 1 aromatic rings. The van der Waals surface area contributed by atoms with Crippen LogP contribution in [0.4, 0.5) is 0 Å². The van der Waals surface area contributed by atoms with Crippen LogP contribution >= 0.6 is 0 Å². The van der Waals surface area contributed by atoms with Crippen LogP contribution in [0.2, 0.25) is 0 Å². The van der Waals surface area contributed by atoms with Crippen molar-refractivity contribution in [3.8, 4) is 0 Å². The predicted octanol–water partition coefficient (Wildman–Crippen LogP) is 6.12. The maximum absolute atomic E-state index is 6.19. The van der Waals surface area contributed by atoms with Gasteiger partial charge in [-0.1, -0.05) is 56.2 Å². The zero-order valence-corrected chi connectivity index (χ0v) is 15.1. The third-order valence-corrected chi connectivity index (χ3v) is 5.46. The van der Waals surface area contributed by atoms with Gasteiger partial charge in [-0.25, -0.2) is 4.99 Å². The fourth-order valence-electron chi connectivity index (χ4n) is 4.12. The highest BCUT2D eigenvalue weighted by Gasteiger charge is 2.33. The van der Waals surface area contributed by atoms with E-state index < -0.39 is 0 Å². The van der Waals surface area contributed by atoms with E-state index in [0.29, 0.717) is 12.5 Å². The Balaban J connectivity index is 1.62. The molecular formula is C23H27NO. The molecule has 1 fully saturated rings. The van der Waals surface area contributed by atoms with Gasteiger partial charge in [0.25, 0.3) is 0 Å². The van der Waals surface area contributed by atoms with Crippen LogP contribution in [0.3, 0.4) is 0 Å². The smallest absolute Gasteiger partial charge is 0.145 e. The van der Waals surface area contributed by atoms with E-state index in [4.69, 9.17) is 9.73 Å². The van der Waals surface area contributed by atoms with Gasteiger partial charge in [0.05, 0.1) is 0 Å². The molecule has 2 nitrogen and oxygen atoms in total. The van der Waals surface area contributed by atoms with E-state index in [0.717, 1.165) is 17.9 Å². The van der Waals surface area contributed by atoms with E-state index in [1.165, 1.54) is 60.9 Å². The molecule has 1 atom stereocenters. The van der Waals surface area contributed by atoms with Crippen molar-refractivity contribution in [3.05, 3.63) is 70.6 Å². The van der Waals surface area contributed by atoms with Crippen molar-refractivity contribution in [2.45, 2.75) is 58.5 Å². The van der Waals surface area contributed by atoms with Crippen molar-refractivity contribution in [1.29, 1.82) is 0 Å². The van der Waals surface area contributed by atoms with Gasteiger partial charge in [-0.15, -0.1) is 0 Å². The van der Waals surface area contributed by atoms with Crippen LogP contribution in [0.5, 0.6) is 0 Å². The Hall–Kier alpha value is -2.09. The van der Waals surface area contributed by atoms with Gasteiger partial charge >= 0.3 is 0 Å². The van der Waals surface area contributed by atoms with Crippen LogP contribution in [0, 0.1) is 5.92 Å². The second-order valence-electron chi connectivity index (χ2n) is 7.25. The third-order valence-electron chi connectivity index (χ3n) is 5.46. The predicted molar refractivity (Wildman–Crippen MR) is 103 cm³/mol. The number of allylic oxidation sites excluding steroid dienone is 4. The molecule has 1 heterocycles. The number of unbranched alkanes of at least 4 members (excludes halogenated alkanes) is 1. The summed E-state index contributed by atoms with van der Waals surface area (Å²) in [5, 5.41) is 0. The van der Waals surface area contributed by atoms with Crippen LogP contribution in [-0.4, -0.2) is 5.71 Å². The van der Waals surface area contributed by atoms with Gasteiger partial charge in [0.15, 0.2) is 0 Å². The first-order valence-electron chi connectivity index (χ1n) is 9.77. The standard InChI is InChI=1S/C23H27NO/c1-2-3-11-18-14-15-21(25-16-17-9-5-4-6-10-17)23-22(18)19-12-7-8-13-20(19)24-23/h4-6,9-10,14-15,18H,2-3,7-8,11-13,16H2,1H3. The van der Waals surface area contributed by atoms with Crippen LogP contribution in [-0.2, 0) is 11.3 Å². The van der Waals surface area contributed by atoms with E-state index in [1.807, 2.05) is 6.07 Å². The van der Waals surface area contributed by atoms with Crippen LogP contribution in [0.1, 0.15) is 57.4 Å². The fraction of sp³-hybridized carbons (Fsp3) is 0.435. The summed E-state index contributed by atoms with van der Waals surface area (Å²) in [6, 6.07) is 10.4. The number of rotatable bonds is 6. The van der Waals surface area contributed by atoms with Crippen molar-refractivity contribution in [1.82, 2.24) is 0 Å². The number of ether oxygens (including phenoxy) is 1. The molecule has 0 spiro atoms. The first-order chi connectivity index (χ1) is 12.4.